The molecule has 2 aromatic carbocycles. The van der Waals surface area contributed by atoms with Crippen LogP contribution in [0.5, 0.6) is 5.75 Å². The predicted octanol–water partition coefficient (Wildman–Crippen LogP) is 3.78. The summed E-state index contributed by atoms with van der Waals surface area (Å²) in [6.45, 7) is 4.20. The number of carbonyl (C=O) groups excluding carboxylic acids is 1. The van der Waals surface area contributed by atoms with E-state index in [1.54, 1.807) is 28.6 Å². The van der Waals surface area contributed by atoms with Gasteiger partial charge in [-0.3, -0.25) is 9.69 Å². The number of fused-ring (bicyclic) bond motifs is 4. The quantitative estimate of drug-likeness (QED) is 0.203. The molecule has 0 saturated carbocycles. The van der Waals surface area contributed by atoms with E-state index in [4.69, 9.17) is 14.5 Å². The Morgan fingerprint density at radius 1 is 1.10 bits per heavy atom. The van der Waals surface area contributed by atoms with Crippen LogP contribution in [0.15, 0.2) is 58.2 Å². The minimum atomic E-state index is -1.48. The van der Waals surface area contributed by atoms with E-state index in [-0.39, 0.29) is 35.6 Å². The number of nitrogens with zero attached hydrogens (tertiary/aromatic N) is 4. The molecule has 0 amide bonds. The topological polar surface area (TPSA) is 97.1 Å². The molecule has 1 unspecified atom stereocenters. The van der Waals surface area contributed by atoms with Crippen LogP contribution in [0.3, 0.4) is 0 Å². The minimum Gasteiger partial charge on any atom is -0.494 e. The molecular weight excluding hydrogens is 559 g/mol. The van der Waals surface area contributed by atoms with Gasteiger partial charge in [0.1, 0.15) is 6.10 Å². The van der Waals surface area contributed by atoms with Gasteiger partial charge in [0.05, 0.1) is 37.2 Å². The Morgan fingerprint density at radius 3 is 2.55 bits per heavy atom. The molecule has 218 valence electrons. The molecule has 2 aromatic heterocycles. The lowest BCUT2D eigenvalue weighted by Gasteiger charge is -2.34. The Balaban J connectivity index is 1.40. The number of aldehydes is 1. The zero-order valence-electron chi connectivity index (χ0n) is 23.4. The first-order valence-corrected chi connectivity index (χ1v) is 14.5. The number of pyridine rings is 2. The number of rotatable bonds is 9. The van der Waals surface area contributed by atoms with Crippen molar-refractivity contribution < 1.29 is 23.8 Å². The smallest absolute Gasteiger partial charge is 0.257 e. The van der Waals surface area contributed by atoms with Gasteiger partial charge in [0.25, 0.3) is 5.56 Å². The van der Waals surface area contributed by atoms with Gasteiger partial charge in [0.2, 0.25) is 0 Å². The van der Waals surface area contributed by atoms with Gasteiger partial charge in [-0.05, 0) is 41.8 Å². The van der Waals surface area contributed by atoms with Crippen molar-refractivity contribution >= 4 is 29.1 Å². The van der Waals surface area contributed by atoms with Gasteiger partial charge in [0.15, 0.2) is 17.9 Å². The van der Waals surface area contributed by atoms with E-state index < -0.39 is 11.9 Å². The van der Waals surface area contributed by atoms with E-state index in [0.29, 0.717) is 29.7 Å². The average Bonchev–Trinajstić information content (AvgIpc) is 3.37. The van der Waals surface area contributed by atoms with Gasteiger partial charge in [0, 0.05) is 72.9 Å². The molecule has 0 aliphatic carbocycles. The van der Waals surface area contributed by atoms with Crippen molar-refractivity contribution in [1.82, 2.24) is 18.8 Å². The average molecular weight is 591 g/mol. The van der Waals surface area contributed by atoms with Crippen LogP contribution in [0.4, 0.5) is 4.39 Å². The van der Waals surface area contributed by atoms with Crippen LogP contribution in [-0.4, -0.2) is 70.5 Å². The van der Waals surface area contributed by atoms with Gasteiger partial charge < -0.3 is 23.9 Å². The van der Waals surface area contributed by atoms with Crippen molar-refractivity contribution in [3.8, 4) is 17.1 Å². The molecule has 9 nitrogen and oxygen atoms in total. The Hall–Kier alpha value is -3.61. The number of ether oxygens (including phenoxy) is 2. The van der Waals surface area contributed by atoms with Crippen molar-refractivity contribution in [3.63, 3.8) is 0 Å². The molecule has 4 heterocycles. The van der Waals surface area contributed by atoms with E-state index in [0.717, 1.165) is 42.7 Å². The second-order valence-electron chi connectivity index (χ2n) is 10.4. The molecule has 2 aliphatic heterocycles. The number of halogens is 1. The van der Waals surface area contributed by atoms with Crippen molar-refractivity contribution in [2.75, 3.05) is 40.4 Å². The summed E-state index contributed by atoms with van der Waals surface area (Å²) < 4.78 is 29.4. The fourth-order valence-corrected chi connectivity index (χ4v) is 6.69. The van der Waals surface area contributed by atoms with Gasteiger partial charge in [-0.1, -0.05) is 18.2 Å². The second-order valence-corrected chi connectivity index (χ2v) is 11.6. The largest absolute Gasteiger partial charge is 0.494 e. The molecule has 4 aromatic rings. The molecule has 0 bridgehead atoms. The highest BCUT2D eigenvalue weighted by atomic mass is 32.2. The molecule has 42 heavy (non-hydrogen) atoms. The van der Waals surface area contributed by atoms with Crippen molar-refractivity contribution in [3.05, 3.63) is 87.0 Å². The number of hydrogen-bond donors (Lipinski definition) is 1. The predicted molar refractivity (Wildman–Crippen MR) is 158 cm³/mol. The summed E-state index contributed by atoms with van der Waals surface area (Å²) in [5.41, 5.74) is 3.33. The summed E-state index contributed by atoms with van der Waals surface area (Å²) in [5, 5.41) is 11.2. The second kappa shape index (κ2) is 11.9. The molecular formula is C31H31FN4O5S. The highest BCUT2D eigenvalue weighted by Gasteiger charge is 2.31. The zero-order valence-corrected chi connectivity index (χ0v) is 24.2. The third-order valence-electron chi connectivity index (χ3n) is 7.90. The van der Waals surface area contributed by atoms with E-state index in [9.17, 15) is 19.1 Å². The van der Waals surface area contributed by atoms with Crippen LogP contribution in [0, 0.1) is 5.82 Å². The summed E-state index contributed by atoms with van der Waals surface area (Å²) in [6, 6.07) is 15.0. The van der Waals surface area contributed by atoms with Crippen molar-refractivity contribution in [2.45, 2.75) is 30.7 Å². The van der Waals surface area contributed by atoms with Crippen molar-refractivity contribution in [2.24, 2.45) is 0 Å². The Kier molecular flexibility index (Phi) is 8.11. The van der Waals surface area contributed by atoms with Gasteiger partial charge >= 0.3 is 0 Å². The Bertz CT molecular complexity index is 1710. The number of piperazine rings is 1. The minimum absolute atomic E-state index is 0.0500. The van der Waals surface area contributed by atoms with Gasteiger partial charge in [-0.15, -0.1) is 0 Å². The maximum Gasteiger partial charge on any atom is 0.257 e. The fourth-order valence-electron chi connectivity index (χ4n) is 5.77. The van der Waals surface area contributed by atoms with Crippen LogP contribution in [0.1, 0.15) is 28.4 Å². The number of aliphatic hydroxyl groups is 1. The van der Waals surface area contributed by atoms with Crippen LogP contribution in [0.2, 0.25) is 0 Å². The third kappa shape index (κ3) is 5.23. The highest BCUT2D eigenvalue weighted by Crippen LogP contribution is 2.39. The number of benzene rings is 2. The highest BCUT2D eigenvalue weighted by molar-refractivity contribution is 7.97. The summed E-state index contributed by atoms with van der Waals surface area (Å²) in [4.78, 5) is 33.5. The molecule has 1 fully saturated rings. The van der Waals surface area contributed by atoms with E-state index in [1.807, 2.05) is 18.2 Å². The van der Waals surface area contributed by atoms with E-state index in [1.165, 1.54) is 25.2 Å². The molecule has 11 heteroatoms. The molecule has 1 saturated heterocycles. The standard InChI is InChI=1S/C31H31FN4O5S/c1-40-18-24-21(28(38)17-37)12-27-30-23(16-36(27)31(24)39)22(20-13-29(41-2)25(32)14-26(20)33-30)15-34-8-10-35(11-9-34)42-19-6-4-3-5-7-19/h3-7,12-14,17,28,38H,8-11,15-16,18H2,1-2H3. The lowest BCUT2D eigenvalue weighted by molar-refractivity contribution is -0.115. The zero-order chi connectivity index (χ0) is 29.4. The van der Waals surface area contributed by atoms with Crippen molar-refractivity contribution in [1.29, 1.82) is 0 Å². The fraction of sp³-hybridized carbons (Fsp3) is 0.323. The first-order chi connectivity index (χ1) is 20.4. The summed E-state index contributed by atoms with van der Waals surface area (Å²) in [5.74, 6) is -0.404. The number of hydrogen-bond acceptors (Lipinski definition) is 9. The van der Waals surface area contributed by atoms with Crippen LogP contribution >= 0.6 is 11.9 Å². The number of aromatic nitrogens is 2. The Morgan fingerprint density at radius 2 is 1.86 bits per heavy atom. The van der Waals surface area contributed by atoms with Gasteiger partial charge in [-0.2, -0.15) is 0 Å². The SMILES string of the molecule is COCc1c(C(O)C=O)cc2n(c1=O)Cc1c-2nc2cc(F)c(OC)cc2c1CN1CCN(Sc2ccccc2)CC1. The molecule has 0 spiro atoms. The third-order valence-corrected chi connectivity index (χ3v) is 9.00. The molecule has 1 N–H and O–H groups in total. The summed E-state index contributed by atoms with van der Waals surface area (Å²) in [6.07, 6.45) is -1.10. The normalized spacial score (nSPS) is 15.9. The van der Waals surface area contributed by atoms with Crippen LogP contribution in [0.25, 0.3) is 22.3 Å². The van der Waals surface area contributed by atoms with E-state index in [2.05, 4.69) is 21.3 Å². The number of methoxy groups -OCH3 is 2. The summed E-state index contributed by atoms with van der Waals surface area (Å²) >= 11 is 1.75. The maximum atomic E-state index is 14.9. The van der Waals surface area contributed by atoms with E-state index >= 15 is 0 Å². The first kappa shape index (κ1) is 28.5. The Labute approximate surface area is 246 Å². The molecule has 1 atom stereocenters. The lowest BCUT2D eigenvalue weighted by Crippen LogP contribution is -2.43. The molecule has 0 radical (unpaired) electrons. The molecule has 2 aliphatic rings. The summed E-state index contributed by atoms with van der Waals surface area (Å²) in [7, 11) is 2.89. The monoisotopic (exact) mass is 590 g/mol. The number of aliphatic hydroxyl groups excluding tert-OH is 1. The van der Waals surface area contributed by atoms with Crippen LogP contribution < -0.4 is 10.3 Å². The molecule has 6 rings (SSSR count). The maximum absolute atomic E-state index is 14.9. The first-order valence-electron chi connectivity index (χ1n) is 13.7. The lowest BCUT2D eigenvalue weighted by atomic mass is 9.98. The number of carbonyl (C=O) groups is 1. The van der Waals surface area contributed by atoms with Crippen LogP contribution in [-0.2, 0) is 29.2 Å². The van der Waals surface area contributed by atoms with Gasteiger partial charge in [-0.25, -0.2) is 13.7 Å².